The second-order valence-corrected chi connectivity index (χ2v) is 4.83. The van der Waals surface area contributed by atoms with E-state index in [-0.39, 0.29) is 12.3 Å². The van der Waals surface area contributed by atoms with Crippen molar-refractivity contribution in [3.05, 3.63) is 35.8 Å². The fourth-order valence-electron chi connectivity index (χ4n) is 1.60. The third kappa shape index (κ3) is 5.82. The molecular weight excluding hydrogens is 286 g/mol. The quantitative estimate of drug-likeness (QED) is 0.349. The van der Waals surface area contributed by atoms with Crippen LogP contribution in [0.5, 0.6) is 0 Å². The van der Waals surface area contributed by atoms with Crippen molar-refractivity contribution in [3.63, 3.8) is 0 Å². The van der Waals surface area contributed by atoms with Crippen molar-refractivity contribution in [1.82, 2.24) is 5.16 Å². The van der Waals surface area contributed by atoms with Crippen LogP contribution in [0, 0.1) is 12.3 Å². The molecule has 7 nitrogen and oxygen atoms in total. The van der Waals surface area contributed by atoms with Gasteiger partial charge in [0.05, 0.1) is 7.11 Å². The van der Waals surface area contributed by atoms with Crippen molar-refractivity contribution in [2.75, 3.05) is 12.4 Å². The molecule has 1 unspecified atom stereocenters. The van der Waals surface area contributed by atoms with Crippen molar-refractivity contribution in [3.8, 4) is 0 Å². The number of nitrogens with zero attached hydrogens (tertiary/aromatic N) is 1. The van der Waals surface area contributed by atoms with E-state index in [1.807, 2.05) is 6.92 Å². The van der Waals surface area contributed by atoms with Crippen LogP contribution in [0.1, 0.15) is 26.0 Å². The molecule has 120 valence electrons. The number of hydrogen-bond acceptors (Lipinski definition) is 6. The minimum Gasteiger partial charge on any atom is -0.497 e. The number of aromatic nitrogens is 1. The van der Waals surface area contributed by atoms with Crippen molar-refractivity contribution in [1.29, 1.82) is 5.41 Å². The van der Waals surface area contributed by atoms with E-state index in [2.05, 4.69) is 17.1 Å². The number of carbonyl (C=O) groups is 1. The first-order valence-electron chi connectivity index (χ1n) is 6.70. The van der Waals surface area contributed by atoms with Gasteiger partial charge in [0, 0.05) is 12.5 Å². The molecule has 7 heteroatoms. The van der Waals surface area contributed by atoms with Gasteiger partial charge in [-0.2, -0.15) is 0 Å². The molecule has 0 saturated carbocycles. The van der Waals surface area contributed by atoms with Crippen LogP contribution in [0.4, 0.5) is 5.82 Å². The summed E-state index contributed by atoms with van der Waals surface area (Å²) in [5.41, 5.74) is 0.844. The molecular formula is C15H21N3O4. The number of nitrogens with one attached hydrogen (secondary N) is 2. The number of methoxy groups -OCH3 is 1. The molecule has 1 amide bonds. The molecule has 1 aromatic rings. The van der Waals surface area contributed by atoms with E-state index in [1.54, 1.807) is 26.0 Å². The lowest BCUT2D eigenvalue weighted by molar-refractivity contribution is -0.122. The van der Waals surface area contributed by atoms with E-state index in [1.165, 1.54) is 7.11 Å². The highest BCUT2D eigenvalue weighted by Crippen LogP contribution is 2.10. The van der Waals surface area contributed by atoms with Crippen LogP contribution in [0.15, 0.2) is 34.6 Å². The van der Waals surface area contributed by atoms with E-state index >= 15 is 0 Å². The minimum absolute atomic E-state index is 0.0170. The normalized spacial score (nSPS) is 12.5. The summed E-state index contributed by atoms with van der Waals surface area (Å²) < 4.78 is 15.1. The zero-order valence-electron chi connectivity index (χ0n) is 13.2. The van der Waals surface area contributed by atoms with Crippen LogP contribution >= 0.6 is 0 Å². The predicted octanol–water partition coefficient (Wildman–Crippen LogP) is 2.80. The molecule has 1 atom stereocenters. The van der Waals surface area contributed by atoms with Gasteiger partial charge >= 0.3 is 0 Å². The molecule has 0 aliphatic carbocycles. The molecule has 0 spiro atoms. The lowest BCUT2D eigenvalue weighted by Crippen LogP contribution is -2.29. The molecule has 1 heterocycles. The summed E-state index contributed by atoms with van der Waals surface area (Å²) in [7, 11) is 1.52. The average molecular weight is 307 g/mol. The third-order valence-electron chi connectivity index (χ3n) is 2.68. The molecule has 0 saturated heterocycles. The number of hydrogen-bond donors (Lipinski definition) is 2. The average Bonchev–Trinajstić information content (AvgIpc) is 2.83. The minimum atomic E-state index is -0.817. The first-order chi connectivity index (χ1) is 10.3. The van der Waals surface area contributed by atoms with E-state index in [9.17, 15) is 4.79 Å². The van der Waals surface area contributed by atoms with Crippen molar-refractivity contribution >= 4 is 17.6 Å². The van der Waals surface area contributed by atoms with Crippen LogP contribution in [0.2, 0.25) is 0 Å². The molecule has 0 fully saturated rings. The number of ether oxygens (including phenoxy) is 2. The lowest BCUT2D eigenvalue weighted by atomic mass is 10.2. The topological polar surface area (TPSA) is 97.4 Å². The Hall–Kier alpha value is -2.57. The third-order valence-corrected chi connectivity index (χ3v) is 2.68. The van der Waals surface area contributed by atoms with Gasteiger partial charge in [0.2, 0.25) is 0 Å². The van der Waals surface area contributed by atoms with Crippen LogP contribution in [-0.2, 0) is 14.3 Å². The van der Waals surface area contributed by atoms with Gasteiger partial charge in [-0.25, -0.2) is 0 Å². The first-order valence-corrected chi connectivity index (χ1v) is 6.70. The monoisotopic (exact) mass is 307 g/mol. The second kappa shape index (κ2) is 8.02. The SMILES string of the molecule is C=C(C=C(C)CC(=N)OC(C)C(=O)Nc1cc(C)on1)OC. The number of amides is 1. The molecule has 2 N–H and O–H groups in total. The van der Waals surface area contributed by atoms with Crippen LogP contribution in [0.3, 0.4) is 0 Å². The fraction of sp³-hybridized carbons (Fsp3) is 0.400. The highest BCUT2D eigenvalue weighted by molar-refractivity contribution is 5.94. The smallest absolute Gasteiger partial charge is 0.266 e. The Labute approximate surface area is 129 Å². The fourth-order valence-corrected chi connectivity index (χ4v) is 1.60. The molecule has 1 aromatic heterocycles. The van der Waals surface area contributed by atoms with Gasteiger partial charge in [0.1, 0.15) is 11.5 Å². The summed E-state index contributed by atoms with van der Waals surface area (Å²) in [6.45, 7) is 8.78. The maximum Gasteiger partial charge on any atom is 0.266 e. The molecule has 0 aliphatic rings. The lowest BCUT2D eigenvalue weighted by Gasteiger charge is -2.14. The van der Waals surface area contributed by atoms with E-state index in [4.69, 9.17) is 19.4 Å². The van der Waals surface area contributed by atoms with E-state index < -0.39 is 12.0 Å². The Morgan fingerprint density at radius 1 is 1.64 bits per heavy atom. The number of rotatable bonds is 7. The largest absolute Gasteiger partial charge is 0.497 e. The summed E-state index contributed by atoms with van der Waals surface area (Å²) in [5, 5.41) is 14.0. The molecule has 0 aliphatic heterocycles. The summed E-state index contributed by atoms with van der Waals surface area (Å²) >= 11 is 0. The highest BCUT2D eigenvalue weighted by atomic mass is 16.5. The molecule has 22 heavy (non-hydrogen) atoms. The van der Waals surface area contributed by atoms with Crippen LogP contribution in [-0.4, -0.2) is 30.2 Å². The summed E-state index contributed by atoms with van der Waals surface area (Å²) in [6.07, 6.45) is 1.16. The molecule has 1 rings (SSSR count). The van der Waals surface area contributed by atoms with Gasteiger partial charge in [0.25, 0.3) is 5.91 Å². The standard InChI is InChI=1S/C15H21N3O4/c1-9(6-10(2)20-5)7-13(16)21-12(4)15(19)17-14-8-11(3)22-18-14/h6,8,12,16H,2,7H2,1,3-5H3,(H,17,18,19). The summed E-state index contributed by atoms with van der Waals surface area (Å²) in [5.74, 6) is 0.989. The molecule has 0 bridgehead atoms. The zero-order valence-corrected chi connectivity index (χ0v) is 13.2. The highest BCUT2D eigenvalue weighted by Gasteiger charge is 2.17. The van der Waals surface area contributed by atoms with Crippen molar-refractivity contribution < 1.29 is 18.8 Å². The molecule has 0 radical (unpaired) electrons. The Kier molecular flexibility index (Phi) is 6.37. The van der Waals surface area contributed by atoms with Gasteiger partial charge in [-0.05, 0) is 26.8 Å². The second-order valence-electron chi connectivity index (χ2n) is 4.83. The van der Waals surface area contributed by atoms with Gasteiger partial charge in [-0.15, -0.1) is 0 Å². The Bertz CT molecular complexity index is 589. The molecule has 0 aromatic carbocycles. The van der Waals surface area contributed by atoms with Gasteiger partial charge in [-0.1, -0.05) is 17.3 Å². The predicted molar refractivity (Wildman–Crippen MR) is 82.7 cm³/mol. The van der Waals surface area contributed by atoms with E-state index in [0.29, 0.717) is 17.3 Å². The van der Waals surface area contributed by atoms with Crippen LogP contribution < -0.4 is 5.32 Å². The van der Waals surface area contributed by atoms with Crippen LogP contribution in [0.25, 0.3) is 0 Å². The summed E-state index contributed by atoms with van der Waals surface area (Å²) in [6, 6.07) is 1.60. The Balaban J connectivity index is 2.48. The number of allylic oxidation sites excluding steroid dienone is 1. The number of aryl methyl sites for hydroxylation is 1. The Morgan fingerprint density at radius 3 is 2.86 bits per heavy atom. The van der Waals surface area contributed by atoms with Gasteiger partial charge in [-0.3, -0.25) is 10.2 Å². The van der Waals surface area contributed by atoms with Crippen molar-refractivity contribution in [2.24, 2.45) is 0 Å². The van der Waals surface area contributed by atoms with Crippen molar-refractivity contribution in [2.45, 2.75) is 33.3 Å². The maximum atomic E-state index is 11.9. The first kappa shape index (κ1) is 17.5. The summed E-state index contributed by atoms with van der Waals surface area (Å²) in [4.78, 5) is 11.9. The van der Waals surface area contributed by atoms with Gasteiger partial charge < -0.3 is 19.3 Å². The van der Waals surface area contributed by atoms with E-state index in [0.717, 1.165) is 5.57 Å². The van der Waals surface area contributed by atoms with Gasteiger partial charge in [0.15, 0.2) is 17.8 Å². The number of carbonyl (C=O) groups excluding carboxylic acids is 1. The Morgan fingerprint density at radius 2 is 2.32 bits per heavy atom. The number of anilines is 1. The maximum absolute atomic E-state index is 11.9. The zero-order chi connectivity index (χ0) is 16.7.